The van der Waals surface area contributed by atoms with Gasteiger partial charge < -0.3 is 9.84 Å². The third-order valence-corrected chi connectivity index (χ3v) is 3.40. The number of aliphatic hydroxyl groups is 1. The van der Waals surface area contributed by atoms with Crippen molar-refractivity contribution in [2.45, 2.75) is 25.8 Å². The van der Waals surface area contributed by atoms with E-state index in [-0.39, 0.29) is 12.6 Å². The molecule has 1 fully saturated rings. The second-order valence-corrected chi connectivity index (χ2v) is 5.22. The van der Waals surface area contributed by atoms with Crippen molar-refractivity contribution in [3.63, 3.8) is 0 Å². The Morgan fingerprint density at radius 2 is 2.09 bits per heavy atom. The first kappa shape index (κ1) is 17.3. The van der Waals surface area contributed by atoms with E-state index in [1.54, 1.807) is 6.92 Å². The predicted molar refractivity (Wildman–Crippen MR) is 79.0 cm³/mol. The summed E-state index contributed by atoms with van der Waals surface area (Å²) >= 11 is 5.34. The van der Waals surface area contributed by atoms with Crippen LogP contribution in [0, 0.1) is 17.5 Å². The lowest BCUT2D eigenvalue weighted by molar-refractivity contribution is -0.137. The van der Waals surface area contributed by atoms with Crippen LogP contribution in [-0.2, 0) is 9.53 Å². The smallest absolute Gasteiger partial charge is 0.343 e. The molecule has 0 unspecified atom stereocenters. The average Bonchev–Trinajstić information content (AvgIpc) is 3.33. The Hall–Kier alpha value is -2.02. The van der Waals surface area contributed by atoms with Crippen molar-refractivity contribution in [1.29, 1.82) is 0 Å². The summed E-state index contributed by atoms with van der Waals surface area (Å²) in [6.07, 6.45) is 2.71. The molecule has 8 heteroatoms. The molecule has 1 aliphatic rings. The molecule has 0 amide bonds. The van der Waals surface area contributed by atoms with Crippen LogP contribution in [0.15, 0.2) is 16.6 Å². The molecule has 1 aromatic carbocycles. The summed E-state index contributed by atoms with van der Waals surface area (Å²) in [5.74, 6) is -6.31. The van der Waals surface area contributed by atoms with Gasteiger partial charge in [0.15, 0.2) is 17.5 Å². The van der Waals surface area contributed by atoms with Crippen molar-refractivity contribution < 1.29 is 27.8 Å². The number of nitrogens with zero attached hydrogens (tertiary/aromatic N) is 1. The van der Waals surface area contributed by atoms with Crippen molar-refractivity contribution in [2.75, 3.05) is 6.61 Å². The molecule has 1 aromatic rings. The monoisotopic (exact) mass is 347 g/mol. The summed E-state index contributed by atoms with van der Waals surface area (Å²) in [7, 11) is 0. The highest BCUT2D eigenvalue weighted by atomic mass is 35.5. The summed E-state index contributed by atoms with van der Waals surface area (Å²) in [6.45, 7) is 1.55. The van der Waals surface area contributed by atoms with Crippen LogP contribution < -0.4 is 0 Å². The van der Waals surface area contributed by atoms with Gasteiger partial charge in [0, 0.05) is 6.21 Å². The molecule has 0 aliphatic heterocycles. The van der Waals surface area contributed by atoms with E-state index in [4.69, 9.17) is 16.3 Å². The quantitative estimate of drug-likeness (QED) is 0.220. The predicted octanol–water partition coefficient (Wildman–Crippen LogP) is 3.82. The molecule has 124 valence electrons. The van der Waals surface area contributed by atoms with Gasteiger partial charge in [0.25, 0.3) is 0 Å². The number of esters is 1. The first-order chi connectivity index (χ1) is 10.9. The Morgan fingerprint density at radius 1 is 1.43 bits per heavy atom. The second kappa shape index (κ2) is 7.04. The molecule has 0 saturated heterocycles. The summed E-state index contributed by atoms with van der Waals surface area (Å²) in [6, 6.07) is 0.432. The normalized spacial score (nSPS) is 15.7. The number of aliphatic imine (C=N–C) groups is 1. The minimum absolute atomic E-state index is 0.00784. The maximum Gasteiger partial charge on any atom is 0.343 e. The fourth-order valence-corrected chi connectivity index (χ4v) is 1.91. The van der Waals surface area contributed by atoms with E-state index in [2.05, 4.69) is 4.99 Å². The minimum Gasteiger partial charge on any atom is -0.506 e. The molecule has 0 heterocycles. The van der Waals surface area contributed by atoms with Crippen molar-refractivity contribution in [3.8, 4) is 0 Å². The topological polar surface area (TPSA) is 58.9 Å². The van der Waals surface area contributed by atoms with Crippen molar-refractivity contribution in [2.24, 2.45) is 4.99 Å². The Bertz CT molecular complexity index is 700. The molecule has 2 rings (SSSR count). The SMILES string of the molecule is CCOC(=O)C(C=NC1CC1)=C(O)c1cc(F)c(F)c(Cl)c1F. The first-order valence-corrected chi connectivity index (χ1v) is 7.21. The van der Waals surface area contributed by atoms with Gasteiger partial charge in [0.1, 0.15) is 16.4 Å². The van der Waals surface area contributed by atoms with Gasteiger partial charge in [-0.25, -0.2) is 18.0 Å². The number of hydrogen-bond donors (Lipinski definition) is 1. The number of carbonyl (C=O) groups is 1. The molecule has 0 spiro atoms. The number of carbonyl (C=O) groups excluding carboxylic acids is 1. The zero-order valence-electron chi connectivity index (χ0n) is 12.1. The standard InChI is InChI=1S/C15H13ClF3NO3/c1-2-23-15(22)9(6-20-7-3-4-7)14(21)8-5-10(17)13(19)11(16)12(8)18/h5-7,21H,2-4H2,1H3. The van der Waals surface area contributed by atoms with Gasteiger partial charge >= 0.3 is 5.97 Å². The van der Waals surface area contributed by atoms with Gasteiger partial charge in [0.2, 0.25) is 0 Å². The van der Waals surface area contributed by atoms with Crippen molar-refractivity contribution in [3.05, 3.63) is 39.7 Å². The van der Waals surface area contributed by atoms with Crippen LogP contribution in [0.2, 0.25) is 5.02 Å². The van der Waals surface area contributed by atoms with E-state index < -0.39 is 45.3 Å². The van der Waals surface area contributed by atoms with Gasteiger partial charge in [-0.1, -0.05) is 11.6 Å². The second-order valence-electron chi connectivity index (χ2n) is 4.84. The van der Waals surface area contributed by atoms with Gasteiger partial charge in [-0.3, -0.25) is 4.99 Å². The zero-order chi connectivity index (χ0) is 17.1. The maximum atomic E-state index is 14.0. The van der Waals surface area contributed by atoms with Gasteiger partial charge in [-0.05, 0) is 25.8 Å². The van der Waals surface area contributed by atoms with E-state index in [0.717, 1.165) is 19.1 Å². The lowest BCUT2D eigenvalue weighted by Gasteiger charge is -2.09. The Morgan fingerprint density at radius 3 is 2.65 bits per heavy atom. The number of rotatable bonds is 5. The fourth-order valence-electron chi connectivity index (χ4n) is 1.71. The van der Waals surface area contributed by atoms with E-state index >= 15 is 0 Å². The highest BCUT2D eigenvalue weighted by Gasteiger charge is 2.25. The van der Waals surface area contributed by atoms with Crippen LogP contribution in [0.5, 0.6) is 0 Å². The van der Waals surface area contributed by atoms with Gasteiger partial charge in [-0.2, -0.15) is 0 Å². The summed E-state index contributed by atoms with van der Waals surface area (Å²) in [5.41, 5.74) is -1.21. The van der Waals surface area contributed by atoms with Crippen LogP contribution in [-0.4, -0.2) is 29.9 Å². The largest absolute Gasteiger partial charge is 0.506 e. The Kier molecular flexibility index (Phi) is 5.30. The third kappa shape index (κ3) is 3.85. The van der Waals surface area contributed by atoms with E-state index in [0.29, 0.717) is 6.07 Å². The number of hydrogen-bond acceptors (Lipinski definition) is 4. The van der Waals surface area contributed by atoms with Crippen molar-refractivity contribution in [1.82, 2.24) is 0 Å². The first-order valence-electron chi connectivity index (χ1n) is 6.83. The Balaban J connectivity index is 2.54. The number of benzene rings is 1. The zero-order valence-corrected chi connectivity index (χ0v) is 12.8. The molecular weight excluding hydrogens is 335 g/mol. The van der Waals surface area contributed by atoms with Crippen LogP contribution in [0.3, 0.4) is 0 Å². The fraction of sp³-hybridized carbons (Fsp3) is 0.333. The molecule has 0 bridgehead atoms. The molecule has 0 aromatic heterocycles. The highest BCUT2D eigenvalue weighted by Crippen LogP contribution is 2.30. The van der Waals surface area contributed by atoms with Gasteiger partial charge in [-0.15, -0.1) is 0 Å². The summed E-state index contributed by atoms with van der Waals surface area (Å²) in [5, 5.41) is 9.01. The summed E-state index contributed by atoms with van der Waals surface area (Å²) < 4.78 is 45.4. The third-order valence-electron chi connectivity index (χ3n) is 3.07. The molecule has 0 radical (unpaired) electrons. The average molecular weight is 348 g/mol. The number of ether oxygens (including phenoxy) is 1. The molecule has 4 nitrogen and oxygen atoms in total. The van der Waals surface area contributed by atoms with Gasteiger partial charge in [0.05, 0.1) is 18.2 Å². The number of halogens is 4. The van der Waals surface area contributed by atoms with E-state index in [1.807, 2.05) is 0 Å². The molecular formula is C15H13ClF3NO3. The van der Waals surface area contributed by atoms with Crippen LogP contribution >= 0.6 is 11.6 Å². The van der Waals surface area contributed by atoms with Crippen molar-refractivity contribution >= 4 is 29.5 Å². The molecule has 1 aliphatic carbocycles. The Labute approximate surface area is 135 Å². The van der Waals surface area contributed by atoms with Crippen LogP contribution in [0.25, 0.3) is 5.76 Å². The van der Waals surface area contributed by atoms with Crippen LogP contribution in [0.1, 0.15) is 25.3 Å². The maximum absolute atomic E-state index is 14.0. The molecule has 23 heavy (non-hydrogen) atoms. The molecule has 1 N–H and O–H groups in total. The van der Waals surface area contributed by atoms with E-state index in [9.17, 15) is 23.1 Å². The van der Waals surface area contributed by atoms with Crippen LogP contribution in [0.4, 0.5) is 13.2 Å². The summed E-state index contributed by atoms with van der Waals surface area (Å²) in [4.78, 5) is 15.9. The molecule has 1 saturated carbocycles. The molecule has 0 atom stereocenters. The minimum atomic E-state index is -1.58. The van der Waals surface area contributed by atoms with E-state index in [1.165, 1.54) is 0 Å². The lowest BCUT2D eigenvalue weighted by Crippen LogP contribution is -2.12. The highest BCUT2D eigenvalue weighted by molar-refractivity contribution is 6.31. The lowest BCUT2D eigenvalue weighted by atomic mass is 10.1. The number of aliphatic hydroxyl groups excluding tert-OH is 1.